The van der Waals surface area contributed by atoms with Crippen molar-refractivity contribution in [2.45, 2.75) is 167 Å². The highest BCUT2D eigenvalue weighted by Crippen LogP contribution is 2.37. The minimum absolute atomic E-state index is 0.00680. The lowest BCUT2D eigenvalue weighted by Gasteiger charge is -2.32. The summed E-state index contributed by atoms with van der Waals surface area (Å²) in [5, 5.41) is 30.0. The van der Waals surface area contributed by atoms with Crippen LogP contribution in [-0.4, -0.2) is 99.8 Å². The molecule has 0 aromatic rings. The Hall–Kier alpha value is -4.39. The van der Waals surface area contributed by atoms with Gasteiger partial charge in [0.15, 0.2) is 0 Å². The molecule has 0 radical (unpaired) electrons. The maximum absolute atomic E-state index is 14.1. The van der Waals surface area contributed by atoms with Crippen LogP contribution < -0.4 is 26.6 Å². The average molecular weight is 828 g/mol. The summed E-state index contributed by atoms with van der Waals surface area (Å²) in [6.45, 7) is 8.15. The Labute approximate surface area is 328 Å². The summed E-state index contributed by atoms with van der Waals surface area (Å²) in [6.07, 6.45) is -4.83. The second-order valence-electron chi connectivity index (χ2n) is 15.1. The van der Waals surface area contributed by atoms with Crippen LogP contribution >= 0.6 is 0 Å². The summed E-state index contributed by atoms with van der Waals surface area (Å²) < 4.78 is 67.6. The number of hydrogen-bond acceptors (Lipinski definition) is 8. The number of carboxylic acid groups (broad SMARTS) is 2. The zero-order valence-corrected chi connectivity index (χ0v) is 33.1. The predicted octanol–water partition coefficient (Wildman–Crippen LogP) is 3.77. The fraction of sp³-hybridized carbons (Fsp3) is 0.784. The molecule has 57 heavy (non-hydrogen) atoms. The number of alkyl halides is 5. The fourth-order valence-corrected chi connectivity index (χ4v) is 6.39. The zero-order valence-electron chi connectivity index (χ0n) is 33.1. The summed E-state index contributed by atoms with van der Waals surface area (Å²) in [5.74, 6) is -16.6. The quantitative estimate of drug-likeness (QED) is 0.0658. The van der Waals surface area contributed by atoms with Gasteiger partial charge in [-0.05, 0) is 43.4 Å². The maximum atomic E-state index is 14.1. The molecule has 0 aliphatic heterocycles. The summed E-state index contributed by atoms with van der Waals surface area (Å²) in [7, 11) is 0. The maximum Gasteiger partial charge on any atom is 0.461 e. The van der Waals surface area contributed by atoms with Crippen LogP contribution in [0, 0.1) is 17.8 Å². The Kier molecular flexibility index (Phi) is 21.1. The summed E-state index contributed by atoms with van der Waals surface area (Å²) in [5.41, 5.74) is 0. The number of halogens is 5. The number of amides is 5. The second-order valence-corrected chi connectivity index (χ2v) is 15.1. The van der Waals surface area contributed by atoms with Crippen LogP contribution in [0.15, 0.2) is 0 Å². The van der Waals surface area contributed by atoms with Gasteiger partial charge in [-0.3, -0.25) is 38.4 Å². The molecule has 1 rings (SSSR count). The van der Waals surface area contributed by atoms with Crippen LogP contribution in [-0.2, 0) is 38.4 Å². The summed E-state index contributed by atoms with van der Waals surface area (Å²) in [4.78, 5) is 102. The number of carbonyl (C=O) groups excluding carboxylic acids is 6. The van der Waals surface area contributed by atoms with E-state index in [1.165, 1.54) is 6.92 Å². The molecule has 0 saturated heterocycles. The zero-order chi connectivity index (χ0) is 43.7. The molecule has 6 atom stereocenters. The number of hydrogen-bond donors (Lipinski definition) is 7. The van der Waals surface area contributed by atoms with E-state index in [1.54, 1.807) is 27.7 Å². The van der Waals surface area contributed by atoms with Crippen molar-refractivity contribution in [3.05, 3.63) is 0 Å². The first-order valence-electron chi connectivity index (χ1n) is 19.4. The molecule has 326 valence electrons. The number of nitrogens with one attached hydrogen (secondary N) is 5. The molecule has 1 unspecified atom stereocenters. The molecule has 0 aromatic carbocycles. The summed E-state index contributed by atoms with van der Waals surface area (Å²) >= 11 is 0. The Bertz CT molecular complexity index is 1410. The Morgan fingerprint density at radius 1 is 0.632 bits per heavy atom. The largest absolute Gasteiger partial charge is 0.481 e. The van der Waals surface area contributed by atoms with Crippen molar-refractivity contribution in [1.82, 2.24) is 26.6 Å². The lowest BCUT2D eigenvalue weighted by molar-refractivity contribution is -0.269. The van der Waals surface area contributed by atoms with Crippen LogP contribution in [0.2, 0.25) is 0 Å². The number of aliphatic carboxylic acids is 2. The summed E-state index contributed by atoms with van der Waals surface area (Å²) in [6, 6.07) is -7.93. The van der Waals surface area contributed by atoms with E-state index in [9.17, 15) is 65.4 Å². The first-order chi connectivity index (χ1) is 26.4. The molecule has 15 nitrogen and oxygen atoms in total. The van der Waals surface area contributed by atoms with Gasteiger partial charge in [-0.1, -0.05) is 79.6 Å². The molecule has 0 bridgehead atoms. The molecule has 1 aliphatic rings. The molecule has 0 aromatic heterocycles. The minimum Gasteiger partial charge on any atom is -0.481 e. The van der Waals surface area contributed by atoms with Gasteiger partial charge >= 0.3 is 24.0 Å². The number of rotatable bonds is 25. The minimum atomic E-state index is -6.21. The highest BCUT2D eigenvalue weighted by molar-refractivity contribution is 5.98. The first kappa shape index (κ1) is 50.6. The third-order valence-corrected chi connectivity index (χ3v) is 9.80. The Morgan fingerprint density at radius 2 is 1.16 bits per heavy atom. The number of carboxylic acids is 2. The first-order valence-corrected chi connectivity index (χ1v) is 19.4. The fourth-order valence-electron chi connectivity index (χ4n) is 6.39. The molecular formula is C37H58F5N5O10. The SMILES string of the molecule is CCCC(NC(=O)[C@H](CC1CCCCC1)NC(=O)[C@@H](NC(=O)[C@H](CC(C)C)NC(=O)[C@@H](CCC(=O)O)NC(=O)CCC(=O)O)[C@@H](C)CC)C(=O)C(F)(F)C(F)(F)F. The van der Waals surface area contributed by atoms with Crippen molar-refractivity contribution in [1.29, 1.82) is 0 Å². The van der Waals surface area contributed by atoms with Crippen LogP contribution in [0.5, 0.6) is 0 Å². The third-order valence-electron chi connectivity index (χ3n) is 9.80. The molecule has 5 amide bonds. The van der Waals surface area contributed by atoms with E-state index in [2.05, 4.69) is 21.3 Å². The van der Waals surface area contributed by atoms with E-state index in [4.69, 9.17) is 5.11 Å². The van der Waals surface area contributed by atoms with Gasteiger partial charge in [0.05, 0.1) is 12.5 Å². The van der Waals surface area contributed by atoms with Crippen LogP contribution in [0.25, 0.3) is 0 Å². The molecule has 20 heteroatoms. The van der Waals surface area contributed by atoms with E-state index in [0.29, 0.717) is 12.8 Å². The smallest absolute Gasteiger partial charge is 0.461 e. The van der Waals surface area contributed by atoms with Crippen molar-refractivity contribution in [2.24, 2.45) is 17.8 Å². The third kappa shape index (κ3) is 17.3. The highest BCUT2D eigenvalue weighted by Gasteiger charge is 2.64. The lowest BCUT2D eigenvalue weighted by atomic mass is 9.84. The topological polar surface area (TPSA) is 237 Å². The van der Waals surface area contributed by atoms with Crippen LogP contribution in [0.3, 0.4) is 0 Å². The lowest BCUT2D eigenvalue weighted by Crippen LogP contribution is -2.61. The van der Waals surface area contributed by atoms with Gasteiger partial charge < -0.3 is 36.8 Å². The van der Waals surface area contributed by atoms with E-state index < -0.39 is 128 Å². The van der Waals surface area contributed by atoms with Crippen molar-refractivity contribution in [3.8, 4) is 0 Å². The van der Waals surface area contributed by atoms with E-state index in [0.717, 1.165) is 19.3 Å². The van der Waals surface area contributed by atoms with Crippen LogP contribution in [0.4, 0.5) is 22.0 Å². The van der Waals surface area contributed by atoms with Crippen molar-refractivity contribution < 1.29 is 70.5 Å². The molecule has 0 heterocycles. The number of carbonyl (C=O) groups is 8. The van der Waals surface area contributed by atoms with E-state index in [-0.39, 0.29) is 37.5 Å². The molecule has 7 N–H and O–H groups in total. The normalized spacial score (nSPS) is 16.9. The van der Waals surface area contributed by atoms with Crippen LogP contribution in [0.1, 0.15) is 125 Å². The Balaban J connectivity index is 3.41. The predicted molar refractivity (Wildman–Crippen MR) is 194 cm³/mol. The van der Waals surface area contributed by atoms with Gasteiger partial charge in [0.1, 0.15) is 24.2 Å². The van der Waals surface area contributed by atoms with Gasteiger partial charge in [-0.15, -0.1) is 0 Å². The van der Waals surface area contributed by atoms with Crippen molar-refractivity contribution >= 4 is 47.3 Å². The van der Waals surface area contributed by atoms with E-state index >= 15 is 0 Å². The van der Waals surface area contributed by atoms with E-state index in [1.807, 2.05) is 5.32 Å². The van der Waals surface area contributed by atoms with Gasteiger partial charge in [0, 0.05) is 12.8 Å². The van der Waals surface area contributed by atoms with Crippen molar-refractivity contribution in [3.63, 3.8) is 0 Å². The molecule has 1 fully saturated rings. The van der Waals surface area contributed by atoms with Gasteiger partial charge in [-0.2, -0.15) is 22.0 Å². The monoisotopic (exact) mass is 827 g/mol. The number of ketones is 1. The molecule has 1 saturated carbocycles. The molecule has 0 spiro atoms. The molecular weight excluding hydrogens is 769 g/mol. The molecule has 1 aliphatic carbocycles. The number of Topliss-reactive ketones (excluding diaryl/α,β-unsaturated/α-hetero) is 1. The Morgan fingerprint density at radius 3 is 1.67 bits per heavy atom. The highest BCUT2D eigenvalue weighted by atomic mass is 19.4. The van der Waals surface area contributed by atoms with Gasteiger partial charge in [-0.25, -0.2) is 0 Å². The standard InChI is InChI=1S/C37H58F5N5O10/c1-6-11-23(31(53)36(38,39)37(40,41)42)44-33(55)26(19-22-12-9-8-10-13-22)46-35(57)30(21(5)7-2)47-34(56)25(18-20(3)4)45-32(54)24(14-16-28(49)50)43-27(48)15-17-29(51)52/h20-26,30H,6-19H2,1-5H3,(H,43,48)(H,44,55)(H,45,54)(H,46,57)(H,47,56)(H,49,50)(H,51,52)/t21-,23?,24+,25-,26-,30-/m0/s1. The van der Waals surface area contributed by atoms with Gasteiger partial charge in [0.25, 0.3) is 0 Å². The van der Waals surface area contributed by atoms with Crippen molar-refractivity contribution in [2.75, 3.05) is 0 Å². The second kappa shape index (κ2) is 23.7. The van der Waals surface area contributed by atoms with Gasteiger partial charge in [0.2, 0.25) is 35.3 Å². The average Bonchev–Trinajstić information content (AvgIpc) is 3.12.